The van der Waals surface area contributed by atoms with Crippen molar-refractivity contribution in [2.45, 2.75) is 37.9 Å². The Morgan fingerprint density at radius 2 is 1.96 bits per heavy atom. The number of benzene rings is 1. The Kier molecular flexibility index (Phi) is 6.35. The van der Waals surface area contributed by atoms with Gasteiger partial charge in [0.1, 0.15) is 24.4 Å². The van der Waals surface area contributed by atoms with Crippen LogP contribution in [0.1, 0.15) is 19.8 Å². The summed E-state index contributed by atoms with van der Waals surface area (Å²) in [5.41, 5.74) is 0. The molecule has 2 rings (SSSR count). The van der Waals surface area contributed by atoms with Crippen LogP contribution in [0.5, 0.6) is 5.75 Å². The average Bonchev–Trinajstić information content (AvgIpc) is 3.08. The van der Waals surface area contributed by atoms with E-state index in [1.54, 1.807) is 24.3 Å². The lowest BCUT2D eigenvalue weighted by Gasteiger charge is -2.27. The average molecular weight is 350 g/mol. The molecule has 8 heteroatoms. The summed E-state index contributed by atoms with van der Waals surface area (Å²) in [5, 5.41) is 21.2. The first-order chi connectivity index (χ1) is 11.9. The molecule has 0 saturated carbocycles. The number of para-hydroxylation sites is 1. The van der Waals surface area contributed by atoms with Gasteiger partial charge in [0.2, 0.25) is 5.91 Å². The van der Waals surface area contributed by atoms with Gasteiger partial charge in [0.25, 0.3) is 0 Å². The van der Waals surface area contributed by atoms with Crippen LogP contribution in [0.15, 0.2) is 30.3 Å². The van der Waals surface area contributed by atoms with Crippen LogP contribution in [0.2, 0.25) is 0 Å². The Balaban J connectivity index is 1.95. The first kappa shape index (κ1) is 18.7. The molecule has 1 saturated heterocycles. The lowest BCUT2D eigenvalue weighted by molar-refractivity contribution is -0.149. The number of hydrogen-bond donors (Lipinski definition) is 3. The maximum Gasteiger partial charge on any atom is 0.326 e. The number of carboxylic acid groups (broad SMARTS) is 2. The second-order valence-corrected chi connectivity index (χ2v) is 5.93. The molecule has 0 spiro atoms. The third kappa shape index (κ3) is 4.93. The van der Waals surface area contributed by atoms with Gasteiger partial charge < -0.3 is 19.8 Å². The van der Waals surface area contributed by atoms with Crippen LogP contribution in [0.4, 0.5) is 0 Å². The standard InChI is InChI=1S/C17H22N2O6/c1-11(15(20)19-9-5-8-14(19)17(23)24)18-13(16(21)22)10-25-12-6-3-2-4-7-12/h2-4,6-7,11,13-14,18H,5,8-10H2,1H3,(H,21,22)(H,23,24)/t11-,13?,14-/m0/s1. The summed E-state index contributed by atoms with van der Waals surface area (Å²) in [6.07, 6.45) is 1.03. The largest absolute Gasteiger partial charge is 0.491 e. The third-order valence-electron chi connectivity index (χ3n) is 4.10. The van der Waals surface area contributed by atoms with Crippen LogP contribution >= 0.6 is 0 Å². The highest BCUT2D eigenvalue weighted by Gasteiger charge is 2.36. The molecule has 1 heterocycles. The van der Waals surface area contributed by atoms with Gasteiger partial charge in [-0.05, 0) is 31.9 Å². The van der Waals surface area contributed by atoms with Crippen molar-refractivity contribution in [3.05, 3.63) is 30.3 Å². The van der Waals surface area contributed by atoms with Gasteiger partial charge in [-0.1, -0.05) is 18.2 Å². The lowest BCUT2D eigenvalue weighted by Crippen LogP contribution is -2.54. The zero-order valence-electron chi connectivity index (χ0n) is 13.9. The number of likely N-dealkylation sites (tertiary alicyclic amines) is 1. The number of ether oxygens (including phenoxy) is 1. The summed E-state index contributed by atoms with van der Waals surface area (Å²) in [7, 11) is 0. The highest BCUT2D eigenvalue weighted by molar-refractivity contribution is 5.88. The van der Waals surface area contributed by atoms with Crippen molar-refractivity contribution in [3.8, 4) is 5.75 Å². The SMILES string of the molecule is C[C@H](NC(COc1ccccc1)C(=O)O)C(=O)N1CCC[C@H]1C(=O)O. The zero-order valence-corrected chi connectivity index (χ0v) is 13.9. The number of rotatable bonds is 8. The van der Waals surface area contributed by atoms with Crippen molar-refractivity contribution < 1.29 is 29.3 Å². The van der Waals surface area contributed by atoms with E-state index in [9.17, 15) is 19.5 Å². The van der Waals surface area contributed by atoms with Crippen molar-refractivity contribution in [1.29, 1.82) is 0 Å². The Morgan fingerprint density at radius 3 is 2.56 bits per heavy atom. The molecule has 1 amide bonds. The number of nitrogens with zero attached hydrogens (tertiary/aromatic N) is 1. The summed E-state index contributed by atoms with van der Waals surface area (Å²) in [5.74, 6) is -2.08. The predicted molar refractivity (Wildman–Crippen MR) is 88.3 cm³/mol. The summed E-state index contributed by atoms with van der Waals surface area (Å²) in [4.78, 5) is 36.4. The molecular formula is C17H22N2O6. The highest BCUT2D eigenvalue weighted by atomic mass is 16.5. The quantitative estimate of drug-likeness (QED) is 0.628. The Labute approximate surface area is 145 Å². The Hall–Kier alpha value is -2.61. The van der Waals surface area contributed by atoms with Gasteiger partial charge in [0, 0.05) is 6.54 Å². The molecule has 0 radical (unpaired) electrons. The molecule has 1 aliphatic rings. The highest BCUT2D eigenvalue weighted by Crippen LogP contribution is 2.18. The number of carbonyl (C=O) groups excluding carboxylic acids is 1. The molecule has 0 aromatic heterocycles. The maximum atomic E-state index is 12.5. The fraction of sp³-hybridized carbons (Fsp3) is 0.471. The summed E-state index contributed by atoms with van der Waals surface area (Å²) in [6.45, 7) is 1.73. The minimum absolute atomic E-state index is 0.153. The van der Waals surface area contributed by atoms with E-state index in [-0.39, 0.29) is 6.61 Å². The molecule has 25 heavy (non-hydrogen) atoms. The number of aliphatic carboxylic acids is 2. The lowest BCUT2D eigenvalue weighted by atomic mass is 10.2. The monoisotopic (exact) mass is 350 g/mol. The van der Waals surface area contributed by atoms with Crippen LogP contribution in [0, 0.1) is 0 Å². The van der Waals surface area contributed by atoms with Crippen LogP contribution < -0.4 is 10.1 Å². The van der Waals surface area contributed by atoms with E-state index < -0.39 is 36.0 Å². The van der Waals surface area contributed by atoms with Crippen molar-refractivity contribution in [2.24, 2.45) is 0 Å². The molecular weight excluding hydrogens is 328 g/mol. The maximum absolute atomic E-state index is 12.5. The van der Waals surface area contributed by atoms with Crippen molar-refractivity contribution in [3.63, 3.8) is 0 Å². The third-order valence-corrected chi connectivity index (χ3v) is 4.10. The second kappa shape index (κ2) is 8.48. The van der Waals surface area contributed by atoms with Gasteiger partial charge in [-0.15, -0.1) is 0 Å². The van der Waals surface area contributed by atoms with Gasteiger partial charge in [-0.2, -0.15) is 0 Å². The molecule has 1 unspecified atom stereocenters. The number of carboxylic acids is 2. The van der Waals surface area contributed by atoms with Crippen LogP contribution in [-0.4, -0.2) is 64.2 Å². The van der Waals surface area contributed by atoms with Crippen LogP contribution in [0.25, 0.3) is 0 Å². The number of hydrogen-bond acceptors (Lipinski definition) is 5. The fourth-order valence-corrected chi connectivity index (χ4v) is 2.80. The molecule has 0 bridgehead atoms. The summed E-state index contributed by atoms with van der Waals surface area (Å²) < 4.78 is 5.43. The van der Waals surface area contributed by atoms with Gasteiger partial charge in [-0.25, -0.2) is 4.79 Å². The fourth-order valence-electron chi connectivity index (χ4n) is 2.80. The molecule has 1 aromatic carbocycles. The van der Waals surface area contributed by atoms with Crippen molar-refractivity contribution in [1.82, 2.24) is 10.2 Å². The first-order valence-corrected chi connectivity index (χ1v) is 8.10. The molecule has 0 aliphatic carbocycles. The van der Waals surface area contributed by atoms with E-state index in [0.29, 0.717) is 25.1 Å². The minimum atomic E-state index is -1.15. The zero-order chi connectivity index (χ0) is 18.4. The molecule has 1 aliphatic heterocycles. The Morgan fingerprint density at radius 1 is 1.28 bits per heavy atom. The van der Waals surface area contributed by atoms with E-state index in [2.05, 4.69) is 5.32 Å². The van der Waals surface area contributed by atoms with Crippen molar-refractivity contribution >= 4 is 17.8 Å². The van der Waals surface area contributed by atoms with Gasteiger partial charge in [0.05, 0.1) is 6.04 Å². The van der Waals surface area contributed by atoms with Gasteiger partial charge >= 0.3 is 11.9 Å². The van der Waals surface area contributed by atoms with Crippen molar-refractivity contribution in [2.75, 3.05) is 13.2 Å². The van der Waals surface area contributed by atoms with Crippen LogP contribution in [-0.2, 0) is 14.4 Å². The topological polar surface area (TPSA) is 116 Å². The Bertz CT molecular complexity index is 621. The first-order valence-electron chi connectivity index (χ1n) is 8.10. The number of amides is 1. The number of nitrogens with one attached hydrogen (secondary N) is 1. The van der Waals surface area contributed by atoms with E-state index in [0.717, 1.165) is 0 Å². The number of carbonyl (C=O) groups is 3. The molecule has 3 atom stereocenters. The molecule has 8 nitrogen and oxygen atoms in total. The van der Waals surface area contributed by atoms with E-state index in [1.165, 1.54) is 11.8 Å². The van der Waals surface area contributed by atoms with Crippen LogP contribution in [0.3, 0.4) is 0 Å². The molecule has 1 fully saturated rings. The molecule has 1 aromatic rings. The predicted octanol–water partition coefficient (Wildman–Crippen LogP) is 0.572. The minimum Gasteiger partial charge on any atom is -0.491 e. The normalized spacial score (nSPS) is 19.2. The van der Waals surface area contributed by atoms with Gasteiger partial charge in [-0.3, -0.25) is 14.9 Å². The molecule has 136 valence electrons. The van der Waals surface area contributed by atoms with E-state index >= 15 is 0 Å². The smallest absolute Gasteiger partial charge is 0.326 e. The van der Waals surface area contributed by atoms with Gasteiger partial charge in [0.15, 0.2) is 0 Å². The molecule has 3 N–H and O–H groups in total. The summed E-state index contributed by atoms with van der Waals surface area (Å²) >= 11 is 0. The van der Waals surface area contributed by atoms with E-state index in [4.69, 9.17) is 9.84 Å². The summed E-state index contributed by atoms with van der Waals surface area (Å²) in [6, 6.07) is 5.99. The second-order valence-electron chi connectivity index (χ2n) is 5.93. The van der Waals surface area contributed by atoms with E-state index in [1.807, 2.05) is 6.07 Å².